The van der Waals surface area contributed by atoms with E-state index in [-0.39, 0.29) is 5.91 Å². The molecule has 1 saturated carbocycles. The Kier molecular flexibility index (Phi) is 5.48. The van der Waals surface area contributed by atoms with Gasteiger partial charge in [-0.3, -0.25) is 9.69 Å². The fraction of sp³-hybridized carbons (Fsp3) is 0.471. The summed E-state index contributed by atoms with van der Waals surface area (Å²) in [5.74, 6) is 0.822. The molecule has 7 heteroatoms. The van der Waals surface area contributed by atoms with Crippen LogP contribution in [-0.2, 0) is 17.9 Å². The first-order valence-corrected chi connectivity index (χ1v) is 8.65. The number of halogens is 1. The minimum Gasteiger partial charge on any atom is -0.348 e. The topological polar surface area (TPSA) is 63.1 Å². The first kappa shape index (κ1) is 16.9. The van der Waals surface area contributed by atoms with Crippen molar-refractivity contribution in [3.05, 3.63) is 47.0 Å². The van der Waals surface area contributed by atoms with Gasteiger partial charge in [0.25, 0.3) is 0 Å². The van der Waals surface area contributed by atoms with Crippen LogP contribution in [0.25, 0.3) is 0 Å². The van der Waals surface area contributed by atoms with E-state index < -0.39 is 0 Å². The van der Waals surface area contributed by atoms with Crippen LogP contribution in [0.1, 0.15) is 37.2 Å². The number of benzene rings is 1. The molecule has 0 aliphatic heterocycles. The van der Waals surface area contributed by atoms with E-state index >= 15 is 0 Å². The molecular formula is C17H22ClN5O. The number of nitrogens with one attached hydrogen (secondary N) is 1. The van der Waals surface area contributed by atoms with Crippen molar-refractivity contribution in [3.8, 4) is 0 Å². The van der Waals surface area contributed by atoms with E-state index in [1.54, 1.807) is 6.33 Å². The smallest absolute Gasteiger partial charge is 0.234 e. The Balaban J connectivity index is 1.49. The number of nitrogens with zero attached hydrogens (tertiary/aromatic N) is 4. The molecule has 24 heavy (non-hydrogen) atoms. The second kappa shape index (κ2) is 7.77. The van der Waals surface area contributed by atoms with Crippen LogP contribution in [0.5, 0.6) is 0 Å². The van der Waals surface area contributed by atoms with Gasteiger partial charge in [-0.1, -0.05) is 30.7 Å². The van der Waals surface area contributed by atoms with E-state index in [1.807, 2.05) is 31.2 Å². The third kappa shape index (κ3) is 4.55. The van der Waals surface area contributed by atoms with Gasteiger partial charge in [-0.2, -0.15) is 0 Å². The van der Waals surface area contributed by atoms with Crippen LogP contribution in [0.4, 0.5) is 0 Å². The summed E-state index contributed by atoms with van der Waals surface area (Å²) in [6.07, 6.45) is 4.09. The molecular weight excluding hydrogens is 326 g/mol. The summed E-state index contributed by atoms with van der Waals surface area (Å²) >= 11 is 5.91. The summed E-state index contributed by atoms with van der Waals surface area (Å²) in [6.45, 7) is 4.35. The molecule has 3 rings (SSSR count). The zero-order valence-electron chi connectivity index (χ0n) is 13.8. The molecule has 1 aliphatic rings. The van der Waals surface area contributed by atoms with Crippen molar-refractivity contribution in [1.29, 1.82) is 0 Å². The minimum absolute atomic E-state index is 0.00356. The molecule has 0 spiro atoms. The molecule has 0 saturated heterocycles. The van der Waals surface area contributed by atoms with Crippen LogP contribution in [0.2, 0.25) is 5.02 Å². The lowest BCUT2D eigenvalue weighted by atomic mass is 10.2. The minimum atomic E-state index is -0.00356. The molecule has 0 radical (unpaired) electrons. The number of rotatable bonds is 8. The summed E-state index contributed by atoms with van der Waals surface area (Å²) in [5, 5.41) is 11.7. The molecule has 1 heterocycles. The number of hydrogen-bond acceptors (Lipinski definition) is 4. The van der Waals surface area contributed by atoms with Gasteiger partial charge < -0.3 is 9.88 Å². The summed E-state index contributed by atoms with van der Waals surface area (Å²) < 4.78 is 2.06. The van der Waals surface area contributed by atoms with Crippen LogP contribution in [0, 0.1) is 0 Å². The highest BCUT2D eigenvalue weighted by atomic mass is 35.5. The standard InChI is InChI=1S/C17H22ClN5O/c1-2-22(10-13-3-5-14(18)6-4-13)11-17(24)19-9-16-21-20-12-23(16)15-7-8-15/h3-6,12,15H,2,7-11H2,1H3,(H,19,24). The van der Waals surface area contributed by atoms with Gasteiger partial charge in [0.2, 0.25) is 5.91 Å². The van der Waals surface area contributed by atoms with Crippen LogP contribution >= 0.6 is 11.6 Å². The SMILES string of the molecule is CCN(CC(=O)NCc1nncn1C1CC1)Cc1ccc(Cl)cc1. The summed E-state index contributed by atoms with van der Waals surface area (Å²) in [5.41, 5.74) is 1.14. The summed E-state index contributed by atoms with van der Waals surface area (Å²) in [7, 11) is 0. The van der Waals surface area contributed by atoms with Gasteiger partial charge in [-0.15, -0.1) is 10.2 Å². The largest absolute Gasteiger partial charge is 0.348 e. The molecule has 1 aromatic heterocycles. The Labute approximate surface area is 146 Å². The van der Waals surface area contributed by atoms with E-state index in [9.17, 15) is 4.79 Å². The molecule has 0 bridgehead atoms. The number of likely N-dealkylation sites (N-methyl/N-ethyl adjacent to an activating group) is 1. The average molecular weight is 348 g/mol. The number of aromatic nitrogens is 3. The highest BCUT2D eigenvalue weighted by Crippen LogP contribution is 2.35. The van der Waals surface area contributed by atoms with Gasteiger partial charge in [-0.05, 0) is 37.1 Å². The lowest BCUT2D eigenvalue weighted by molar-refractivity contribution is -0.122. The van der Waals surface area contributed by atoms with Gasteiger partial charge in [-0.25, -0.2) is 0 Å². The Bertz CT molecular complexity index is 681. The van der Waals surface area contributed by atoms with Gasteiger partial charge in [0.05, 0.1) is 13.1 Å². The van der Waals surface area contributed by atoms with Crippen molar-refractivity contribution in [2.24, 2.45) is 0 Å². The summed E-state index contributed by atoms with van der Waals surface area (Å²) in [4.78, 5) is 14.3. The highest BCUT2D eigenvalue weighted by Gasteiger charge is 2.26. The molecule has 128 valence electrons. The molecule has 0 atom stereocenters. The van der Waals surface area contributed by atoms with Crippen molar-refractivity contribution in [2.45, 2.75) is 38.9 Å². The van der Waals surface area contributed by atoms with E-state index in [4.69, 9.17) is 11.6 Å². The molecule has 1 aromatic carbocycles. The molecule has 1 fully saturated rings. The Morgan fingerprint density at radius 2 is 2.12 bits per heavy atom. The van der Waals surface area contributed by atoms with Crippen LogP contribution in [0.15, 0.2) is 30.6 Å². The van der Waals surface area contributed by atoms with E-state index in [0.29, 0.717) is 19.1 Å². The van der Waals surface area contributed by atoms with Crippen LogP contribution in [0.3, 0.4) is 0 Å². The van der Waals surface area contributed by atoms with Crippen LogP contribution < -0.4 is 5.32 Å². The highest BCUT2D eigenvalue weighted by molar-refractivity contribution is 6.30. The second-order valence-electron chi connectivity index (χ2n) is 6.09. The first-order chi connectivity index (χ1) is 11.7. The lowest BCUT2D eigenvalue weighted by Gasteiger charge is -2.20. The van der Waals surface area contributed by atoms with Crippen molar-refractivity contribution >= 4 is 17.5 Å². The zero-order valence-corrected chi connectivity index (χ0v) is 14.5. The maximum absolute atomic E-state index is 12.2. The van der Waals surface area contributed by atoms with E-state index in [1.165, 1.54) is 12.8 Å². The normalized spacial score (nSPS) is 14.1. The number of carbonyl (C=O) groups is 1. The fourth-order valence-electron chi connectivity index (χ4n) is 2.61. The van der Waals surface area contributed by atoms with Crippen molar-refractivity contribution in [3.63, 3.8) is 0 Å². The molecule has 1 aliphatic carbocycles. The maximum Gasteiger partial charge on any atom is 0.234 e. The molecule has 6 nitrogen and oxygen atoms in total. The third-order valence-electron chi connectivity index (χ3n) is 4.17. The predicted octanol–water partition coefficient (Wildman–Crippen LogP) is 2.40. The Hall–Kier alpha value is -1.92. The van der Waals surface area contributed by atoms with Gasteiger partial charge in [0, 0.05) is 17.6 Å². The first-order valence-electron chi connectivity index (χ1n) is 8.27. The molecule has 2 aromatic rings. The predicted molar refractivity (Wildman–Crippen MR) is 92.5 cm³/mol. The summed E-state index contributed by atoms with van der Waals surface area (Å²) in [6, 6.07) is 8.23. The van der Waals surface area contributed by atoms with Crippen molar-refractivity contribution in [2.75, 3.05) is 13.1 Å². The van der Waals surface area contributed by atoms with Gasteiger partial charge in [0.15, 0.2) is 5.82 Å². The van der Waals surface area contributed by atoms with E-state index in [2.05, 4.69) is 25.0 Å². The van der Waals surface area contributed by atoms with Crippen molar-refractivity contribution < 1.29 is 4.79 Å². The van der Waals surface area contributed by atoms with Gasteiger partial charge >= 0.3 is 0 Å². The number of amides is 1. The third-order valence-corrected chi connectivity index (χ3v) is 4.42. The monoisotopic (exact) mass is 347 g/mol. The van der Waals surface area contributed by atoms with Gasteiger partial charge in [0.1, 0.15) is 6.33 Å². The zero-order chi connectivity index (χ0) is 16.9. The Morgan fingerprint density at radius 1 is 1.38 bits per heavy atom. The number of hydrogen-bond donors (Lipinski definition) is 1. The fourth-order valence-corrected chi connectivity index (χ4v) is 2.74. The Morgan fingerprint density at radius 3 is 2.79 bits per heavy atom. The van der Waals surface area contributed by atoms with Crippen molar-refractivity contribution in [1.82, 2.24) is 25.0 Å². The second-order valence-corrected chi connectivity index (χ2v) is 6.53. The number of carbonyl (C=O) groups excluding carboxylic acids is 1. The average Bonchev–Trinajstić information content (AvgIpc) is 3.32. The quantitative estimate of drug-likeness (QED) is 0.796. The maximum atomic E-state index is 12.2. The van der Waals surface area contributed by atoms with Crippen LogP contribution in [-0.4, -0.2) is 38.7 Å². The molecule has 1 N–H and O–H groups in total. The molecule has 0 unspecified atom stereocenters. The lowest BCUT2D eigenvalue weighted by Crippen LogP contribution is -2.37. The molecule has 1 amide bonds. The van der Waals surface area contributed by atoms with E-state index in [0.717, 1.165) is 29.5 Å².